The van der Waals surface area contributed by atoms with Gasteiger partial charge in [-0.1, -0.05) is 38.3 Å². The van der Waals surface area contributed by atoms with E-state index in [0.29, 0.717) is 19.5 Å². The first kappa shape index (κ1) is 21.7. The van der Waals surface area contributed by atoms with Gasteiger partial charge in [0.1, 0.15) is 0 Å². The molecule has 0 aromatic rings. The zero-order valence-corrected chi connectivity index (χ0v) is 15.2. The van der Waals surface area contributed by atoms with Crippen LogP contribution in [-0.2, 0) is 9.59 Å². The number of carboxylic acids is 1. The number of amides is 1. The van der Waals surface area contributed by atoms with Gasteiger partial charge in [0.15, 0.2) is 0 Å². The van der Waals surface area contributed by atoms with Gasteiger partial charge in [0.2, 0.25) is 5.91 Å². The van der Waals surface area contributed by atoms with Gasteiger partial charge in [-0.05, 0) is 46.0 Å². The minimum Gasteiger partial charge on any atom is -0.481 e. The molecule has 1 N–H and O–H groups in total. The lowest BCUT2D eigenvalue weighted by molar-refractivity contribution is -0.144. The molecule has 0 saturated carbocycles. The Balaban J connectivity index is 4.11. The zero-order valence-electron chi connectivity index (χ0n) is 15.2. The Labute approximate surface area is 141 Å². The summed E-state index contributed by atoms with van der Waals surface area (Å²) in [6, 6.07) is 0. The largest absolute Gasteiger partial charge is 0.481 e. The van der Waals surface area contributed by atoms with Crippen molar-refractivity contribution in [3.05, 3.63) is 12.2 Å². The molecule has 1 amide bonds. The first-order valence-corrected chi connectivity index (χ1v) is 9.22. The van der Waals surface area contributed by atoms with E-state index in [9.17, 15) is 9.59 Å². The number of allylic oxidation sites excluding steroid dienone is 2. The summed E-state index contributed by atoms with van der Waals surface area (Å²) in [4.78, 5) is 25.1. The van der Waals surface area contributed by atoms with Crippen LogP contribution in [0.3, 0.4) is 0 Å². The Kier molecular flexibility index (Phi) is 13.5. The van der Waals surface area contributed by atoms with Gasteiger partial charge in [0.25, 0.3) is 0 Å². The summed E-state index contributed by atoms with van der Waals surface area (Å²) in [7, 11) is 0. The quantitative estimate of drug-likeness (QED) is 0.374. The SMILES string of the molecule is CCCCC/C=C/CCCCC(CC(=O)O)C(=O)N(CC)CC. The first-order chi connectivity index (χ1) is 11.1. The van der Waals surface area contributed by atoms with Gasteiger partial charge in [-0.2, -0.15) is 0 Å². The highest BCUT2D eigenvalue weighted by Crippen LogP contribution is 2.17. The molecule has 0 bridgehead atoms. The van der Waals surface area contributed by atoms with Crippen molar-refractivity contribution in [3.8, 4) is 0 Å². The van der Waals surface area contributed by atoms with Gasteiger partial charge in [-0.3, -0.25) is 9.59 Å². The molecule has 0 heterocycles. The monoisotopic (exact) mass is 325 g/mol. The van der Waals surface area contributed by atoms with Crippen LogP contribution in [0.4, 0.5) is 0 Å². The van der Waals surface area contributed by atoms with Crippen LogP contribution in [0.1, 0.15) is 78.6 Å². The summed E-state index contributed by atoms with van der Waals surface area (Å²) in [6.45, 7) is 7.36. The highest BCUT2D eigenvalue weighted by molar-refractivity contribution is 5.83. The van der Waals surface area contributed by atoms with Crippen molar-refractivity contribution >= 4 is 11.9 Å². The van der Waals surface area contributed by atoms with E-state index < -0.39 is 5.97 Å². The smallest absolute Gasteiger partial charge is 0.304 e. The topological polar surface area (TPSA) is 57.6 Å². The predicted molar refractivity (Wildman–Crippen MR) is 95.4 cm³/mol. The average Bonchev–Trinajstić information content (AvgIpc) is 2.52. The summed E-state index contributed by atoms with van der Waals surface area (Å²) in [5.41, 5.74) is 0. The summed E-state index contributed by atoms with van der Waals surface area (Å²) >= 11 is 0. The van der Waals surface area contributed by atoms with Gasteiger partial charge in [0, 0.05) is 19.0 Å². The highest BCUT2D eigenvalue weighted by Gasteiger charge is 2.24. The number of hydrogen-bond acceptors (Lipinski definition) is 2. The molecule has 1 unspecified atom stereocenters. The number of hydrogen-bond donors (Lipinski definition) is 1. The molecule has 0 aromatic heterocycles. The maximum atomic E-state index is 12.4. The second-order valence-corrected chi connectivity index (χ2v) is 6.06. The molecule has 23 heavy (non-hydrogen) atoms. The number of carboxylic acid groups (broad SMARTS) is 1. The van der Waals surface area contributed by atoms with Gasteiger partial charge in [-0.15, -0.1) is 0 Å². The Bertz CT molecular complexity index is 349. The van der Waals surface area contributed by atoms with Crippen LogP contribution in [0.25, 0.3) is 0 Å². The van der Waals surface area contributed by atoms with Gasteiger partial charge in [-0.25, -0.2) is 0 Å². The maximum Gasteiger partial charge on any atom is 0.304 e. The Hall–Kier alpha value is -1.32. The fourth-order valence-electron chi connectivity index (χ4n) is 2.72. The molecule has 134 valence electrons. The number of aliphatic carboxylic acids is 1. The van der Waals surface area contributed by atoms with E-state index in [4.69, 9.17) is 5.11 Å². The van der Waals surface area contributed by atoms with E-state index in [0.717, 1.165) is 25.7 Å². The molecule has 4 nitrogen and oxygen atoms in total. The second kappa shape index (κ2) is 14.3. The average molecular weight is 325 g/mol. The van der Waals surface area contributed by atoms with Crippen LogP contribution in [0.2, 0.25) is 0 Å². The molecule has 0 spiro atoms. The summed E-state index contributed by atoms with van der Waals surface area (Å²) < 4.78 is 0. The van der Waals surface area contributed by atoms with Gasteiger partial charge >= 0.3 is 5.97 Å². The third-order valence-corrected chi connectivity index (χ3v) is 4.16. The van der Waals surface area contributed by atoms with Crippen molar-refractivity contribution in [1.82, 2.24) is 4.90 Å². The maximum absolute atomic E-state index is 12.4. The van der Waals surface area contributed by atoms with E-state index in [2.05, 4.69) is 19.1 Å². The van der Waals surface area contributed by atoms with Gasteiger partial charge in [0.05, 0.1) is 6.42 Å². The Morgan fingerprint density at radius 2 is 1.52 bits per heavy atom. The fourth-order valence-corrected chi connectivity index (χ4v) is 2.72. The number of carbonyl (C=O) groups is 2. The number of unbranched alkanes of at least 4 members (excludes halogenated alkanes) is 5. The molecule has 0 aromatic carbocycles. The van der Waals surface area contributed by atoms with Crippen LogP contribution >= 0.6 is 0 Å². The number of rotatable bonds is 14. The summed E-state index contributed by atoms with van der Waals surface area (Å²) in [6.07, 6.45) is 13.0. The van der Waals surface area contributed by atoms with Crippen molar-refractivity contribution in [1.29, 1.82) is 0 Å². The lowest BCUT2D eigenvalue weighted by atomic mass is 9.96. The molecule has 0 rings (SSSR count). The molecule has 4 heteroatoms. The van der Waals surface area contributed by atoms with Crippen molar-refractivity contribution < 1.29 is 14.7 Å². The van der Waals surface area contributed by atoms with Crippen molar-refractivity contribution in [2.24, 2.45) is 5.92 Å². The van der Waals surface area contributed by atoms with E-state index >= 15 is 0 Å². The molecule has 0 radical (unpaired) electrons. The van der Waals surface area contributed by atoms with Crippen LogP contribution in [0.5, 0.6) is 0 Å². The summed E-state index contributed by atoms with van der Waals surface area (Å²) in [5, 5.41) is 9.02. The minimum atomic E-state index is -0.883. The molecule has 0 aliphatic rings. The molecule has 0 saturated heterocycles. The Morgan fingerprint density at radius 1 is 0.957 bits per heavy atom. The molecular weight excluding hydrogens is 290 g/mol. The normalized spacial score (nSPS) is 12.5. The molecule has 0 fully saturated rings. The second-order valence-electron chi connectivity index (χ2n) is 6.06. The van der Waals surface area contributed by atoms with Crippen LogP contribution in [0, 0.1) is 5.92 Å². The van der Waals surface area contributed by atoms with Crippen molar-refractivity contribution in [2.75, 3.05) is 13.1 Å². The van der Waals surface area contributed by atoms with Crippen molar-refractivity contribution in [3.63, 3.8) is 0 Å². The van der Waals surface area contributed by atoms with Crippen LogP contribution in [-0.4, -0.2) is 35.0 Å². The first-order valence-electron chi connectivity index (χ1n) is 9.22. The third kappa shape index (κ3) is 10.9. The fraction of sp³-hybridized carbons (Fsp3) is 0.789. The lowest BCUT2D eigenvalue weighted by Crippen LogP contribution is -2.36. The van der Waals surface area contributed by atoms with E-state index in [1.54, 1.807) is 4.90 Å². The number of carbonyl (C=O) groups excluding carboxylic acids is 1. The summed E-state index contributed by atoms with van der Waals surface area (Å²) in [5.74, 6) is -1.26. The van der Waals surface area contributed by atoms with E-state index in [1.165, 1.54) is 19.3 Å². The van der Waals surface area contributed by atoms with Crippen LogP contribution in [0.15, 0.2) is 12.2 Å². The van der Waals surface area contributed by atoms with E-state index in [-0.39, 0.29) is 18.2 Å². The molecular formula is C19H35NO3. The molecule has 1 atom stereocenters. The minimum absolute atomic E-state index is 0.00694. The predicted octanol–water partition coefficient (Wildman–Crippen LogP) is 4.64. The zero-order chi connectivity index (χ0) is 17.5. The third-order valence-electron chi connectivity index (χ3n) is 4.16. The van der Waals surface area contributed by atoms with Gasteiger partial charge < -0.3 is 10.0 Å². The Morgan fingerprint density at radius 3 is 2.00 bits per heavy atom. The van der Waals surface area contributed by atoms with Crippen molar-refractivity contribution in [2.45, 2.75) is 78.6 Å². The standard InChI is InChI=1S/C19H35NO3/c1-4-7-8-9-10-11-12-13-14-15-17(16-18(21)22)19(23)20(5-2)6-3/h10-11,17H,4-9,12-16H2,1-3H3,(H,21,22)/b11-10+. The van der Waals surface area contributed by atoms with E-state index in [1.807, 2.05) is 13.8 Å². The van der Waals surface area contributed by atoms with Crippen LogP contribution < -0.4 is 0 Å². The molecule has 0 aliphatic heterocycles. The number of nitrogens with zero attached hydrogens (tertiary/aromatic N) is 1. The highest BCUT2D eigenvalue weighted by atomic mass is 16.4. The molecule has 0 aliphatic carbocycles. The lowest BCUT2D eigenvalue weighted by Gasteiger charge is -2.24.